The predicted octanol–water partition coefficient (Wildman–Crippen LogP) is 5.13. The first kappa shape index (κ1) is 19.5. The standard InChI is InChI=1S/C22H19ClN2O3/c1-15(26)24-20-12-11-18(23)13-21(20)25-22(27)17-9-7-16(8-10-17)14-28-19-5-3-2-4-6-19/h2-13H,14H2,1H3,(H,24,26)(H,25,27). The van der Waals surface area contributed by atoms with Crippen molar-refractivity contribution in [2.24, 2.45) is 0 Å². The molecule has 0 saturated heterocycles. The summed E-state index contributed by atoms with van der Waals surface area (Å²) in [5.74, 6) is 0.251. The van der Waals surface area contributed by atoms with Crippen LogP contribution in [0.25, 0.3) is 0 Å². The van der Waals surface area contributed by atoms with E-state index >= 15 is 0 Å². The monoisotopic (exact) mass is 394 g/mol. The zero-order valence-electron chi connectivity index (χ0n) is 15.2. The topological polar surface area (TPSA) is 67.4 Å². The van der Waals surface area contributed by atoms with Crippen molar-refractivity contribution in [3.8, 4) is 5.75 Å². The molecule has 3 aromatic carbocycles. The van der Waals surface area contributed by atoms with Crippen LogP contribution in [0.2, 0.25) is 5.02 Å². The van der Waals surface area contributed by atoms with Gasteiger partial charge in [0.1, 0.15) is 12.4 Å². The van der Waals surface area contributed by atoms with Gasteiger partial charge in [0.05, 0.1) is 11.4 Å². The molecule has 0 spiro atoms. The Labute approximate surface area is 168 Å². The molecule has 28 heavy (non-hydrogen) atoms. The van der Waals surface area contributed by atoms with Gasteiger partial charge in [-0.05, 0) is 48.0 Å². The van der Waals surface area contributed by atoms with Gasteiger partial charge >= 0.3 is 0 Å². The van der Waals surface area contributed by atoms with E-state index in [1.165, 1.54) is 6.92 Å². The lowest BCUT2D eigenvalue weighted by Crippen LogP contribution is -2.15. The molecule has 0 aliphatic carbocycles. The van der Waals surface area contributed by atoms with Gasteiger partial charge in [0.25, 0.3) is 5.91 Å². The van der Waals surface area contributed by atoms with Gasteiger partial charge in [-0.3, -0.25) is 9.59 Å². The predicted molar refractivity (Wildman–Crippen MR) is 111 cm³/mol. The minimum Gasteiger partial charge on any atom is -0.489 e. The SMILES string of the molecule is CC(=O)Nc1ccc(Cl)cc1NC(=O)c1ccc(COc2ccccc2)cc1. The average Bonchev–Trinajstić information content (AvgIpc) is 2.69. The first-order chi connectivity index (χ1) is 13.5. The Morgan fingerprint density at radius 1 is 0.893 bits per heavy atom. The normalized spacial score (nSPS) is 10.2. The van der Waals surface area contributed by atoms with Crippen molar-refractivity contribution in [3.63, 3.8) is 0 Å². The first-order valence-corrected chi connectivity index (χ1v) is 9.04. The fourth-order valence-electron chi connectivity index (χ4n) is 2.55. The molecule has 6 heteroatoms. The number of benzene rings is 3. The summed E-state index contributed by atoms with van der Waals surface area (Å²) in [5.41, 5.74) is 2.35. The number of nitrogens with one attached hydrogen (secondary N) is 2. The maximum atomic E-state index is 12.6. The van der Waals surface area contributed by atoms with E-state index in [9.17, 15) is 9.59 Å². The summed E-state index contributed by atoms with van der Waals surface area (Å²) in [6.45, 7) is 1.81. The van der Waals surface area contributed by atoms with Crippen molar-refractivity contribution >= 4 is 34.8 Å². The van der Waals surface area contributed by atoms with Gasteiger partial charge in [-0.2, -0.15) is 0 Å². The van der Waals surface area contributed by atoms with E-state index < -0.39 is 0 Å². The highest BCUT2D eigenvalue weighted by atomic mass is 35.5. The molecular formula is C22H19ClN2O3. The molecule has 0 heterocycles. The molecule has 2 amide bonds. The molecule has 2 N–H and O–H groups in total. The second kappa shape index (κ2) is 9.06. The lowest BCUT2D eigenvalue weighted by Gasteiger charge is -2.12. The summed E-state index contributed by atoms with van der Waals surface area (Å²) in [5, 5.41) is 5.91. The summed E-state index contributed by atoms with van der Waals surface area (Å²) in [4.78, 5) is 23.9. The number of carbonyl (C=O) groups is 2. The molecule has 0 saturated carbocycles. The number of hydrogen-bond acceptors (Lipinski definition) is 3. The third-order valence-electron chi connectivity index (χ3n) is 3.91. The zero-order valence-corrected chi connectivity index (χ0v) is 16.0. The maximum Gasteiger partial charge on any atom is 0.255 e. The van der Waals surface area contributed by atoms with Crippen molar-refractivity contribution in [1.82, 2.24) is 0 Å². The summed E-state index contributed by atoms with van der Waals surface area (Å²) in [6, 6.07) is 21.5. The van der Waals surface area contributed by atoms with Crippen molar-refractivity contribution in [3.05, 3.63) is 88.9 Å². The average molecular weight is 395 g/mol. The lowest BCUT2D eigenvalue weighted by molar-refractivity contribution is -0.114. The van der Waals surface area contributed by atoms with Crippen LogP contribution < -0.4 is 15.4 Å². The Morgan fingerprint density at radius 3 is 2.29 bits per heavy atom. The highest BCUT2D eigenvalue weighted by Gasteiger charge is 2.11. The second-order valence-electron chi connectivity index (χ2n) is 6.12. The summed E-state index contributed by atoms with van der Waals surface area (Å²) in [7, 11) is 0. The molecule has 0 bridgehead atoms. The molecule has 0 aliphatic rings. The molecular weight excluding hydrogens is 376 g/mol. The largest absolute Gasteiger partial charge is 0.489 e. The number of rotatable bonds is 6. The van der Waals surface area contributed by atoms with Crippen molar-refractivity contribution in [2.75, 3.05) is 10.6 Å². The van der Waals surface area contributed by atoms with Crippen LogP contribution in [0.3, 0.4) is 0 Å². The number of para-hydroxylation sites is 1. The molecule has 0 aliphatic heterocycles. The van der Waals surface area contributed by atoms with Gasteiger partial charge in [-0.1, -0.05) is 41.9 Å². The van der Waals surface area contributed by atoms with Crippen LogP contribution in [-0.2, 0) is 11.4 Å². The third kappa shape index (κ3) is 5.34. The smallest absolute Gasteiger partial charge is 0.255 e. The summed E-state index contributed by atoms with van der Waals surface area (Å²) < 4.78 is 5.70. The van der Waals surface area contributed by atoms with Crippen molar-refractivity contribution in [1.29, 1.82) is 0 Å². The van der Waals surface area contributed by atoms with E-state index in [1.807, 2.05) is 42.5 Å². The van der Waals surface area contributed by atoms with Gasteiger partial charge in [0.2, 0.25) is 5.91 Å². The van der Waals surface area contributed by atoms with E-state index in [0.717, 1.165) is 11.3 Å². The van der Waals surface area contributed by atoms with Crippen LogP contribution in [0.4, 0.5) is 11.4 Å². The van der Waals surface area contributed by atoms with E-state index in [1.54, 1.807) is 30.3 Å². The lowest BCUT2D eigenvalue weighted by atomic mass is 10.1. The highest BCUT2D eigenvalue weighted by molar-refractivity contribution is 6.31. The third-order valence-corrected chi connectivity index (χ3v) is 4.14. The first-order valence-electron chi connectivity index (χ1n) is 8.66. The van der Waals surface area contributed by atoms with Gasteiger partial charge < -0.3 is 15.4 Å². The molecule has 5 nitrogen and oxygen atoms in total. The minimum absolute atomic E-state index is 0.236. The highest BCUT2D eigenvalue weighted by Crippen LogP contribution is 2.26. The van der Waals surface area contributed by atoms with Crippen LogP contribution in [0.15, 0.2) is 72.8 Å². The van der Waals surface area contributed by atoms with Crippen molar-refractivity contribution in [2.45, 2.75) is 13.5 Å². The molecule has 3 aromatic rings. The van der Waals surface area contributed by atoms with E-state index in [2.05, 4.69) is 10.6 Å². The molecule has 142 valence electrons. The Morgan fingerprint density at radius 2 is 1.61 bits per heavy atom. The summed E-state index contributed by atoms with van der Waals surface area (Å²) in [6.07, 6.45) is 0. The molecule has 0 unspecified atom stereocenters. The number of ether oxygens (including phenoxy) is 1. The second-order valence-corrected chi connectivity index (χ2v) is 6.56. The van der Waals surface area contributed by atoms with Crippen LogP contribution in [0, 0.1) is 0 Å². The number of hydrogen-bond donors (Lipinski definition) is 2. The fraction of sp³-hybridized carbons (Fsp3) is 0.0909. The van der Waals surface area contributed by atoms with Crippen LogP contribution in [0.5, 0.6) is 5.75 Å². The zero-order chi connectivity index (χ0) is 19.9. The van der Waals surface area contributed by atoms with E-state index in [-0.39, 0.29) is 11.8 Å². The number of halogens is 1. The van der Waals surface area contributed by atoms with Gasteiger partial charge in [-0.25, -0.2) is 0 Å². The molecule has 0 aromatic heterocycles. The molecule has 0 atom stereocenters. The summed E-state index contributed by atoms with van der Waals surface area (Å²) >= 11 is 6.01. The molecule has 3 rings (SSSR count). The van der Waals surface area contributed by atoms with Crippen LogP contribution >= 0.6 is 11.6 Å². The van der Waals surface area contributed by atoms with Crippen LogP contribution in [-0.4, -0.2) is 11.8 Å². The van der Waals surface area contributed by atoms with Gasteiger partial charge in [0, 0.05) is 17.5 Å². The quantitative estimate of drug-likeness (QED) is 0.609. The van der Waals surface area contributed by atoms with Crippen molar-refractivity contribution < 1.29 is 14.3 Å². The Kier molecular flexibility index (Phi) is 6.29. The molecule has 0 fully saturated rings. The molecule has 0 radical (unpaired) electrons. The number of carbonyl (C=O) groups excluding carboxylic acids is 2. The Balaban J connectivity index is 1.66. The van der Waals surface area contributed by atoms with E-state index in [4.69, 9.17) is 16.3 Å². The Bertz CT molecular complexity index is 973. The van der Waals surface area contributed by atoms with E-state index in [0.29, 0.717) is 28.6 Å². The van der Waals surface area contributed by atoms with Crippen LogP contribution in [0.1, 0.15) is 22.8 Å². The fourth-order valence-corrected chi connectivity index (χ4v) is 2.72. The van der Waals surface area contributed by atoms with Gasteiger partial charge in [-0.15, -0.1) is 0 Å². The number of amides is 2. The van der Waals surface area contributed by atoms with Gasteiger partial charge in [0.15, 0.2) is 0 Å². The Hall–Kier alpha value is -3.31. The minimum atomic E-state index is -0.301. The number of anilines is 2. The maximum absolute atomic E-state index is 12.6.